The lowest BCUT2D eigenvalue weighted by Crippen LogP contribution is -2.02. The summed E-state index contributed by atoms with van der Waals surface area (Å²) in [6, 6.07) is 3.17. The first-order valence-corrected chi connectivity index (χ1v) is 4.76. The number of nitrogens with two attached hydrogens (primary N) is 1. The van der Waals surface area contributed by atoms with Crippen molar-refractivity contribution in [1.82, 2.24) is 0 Å². The molecule has 0 fully saturated rings. The maximum atomic E-state index is 10.9. The second kappa shape index (κ2) is 4.89. The first kappa shape index (κ1) is 11.7. The molecule has 0 heterocycles. The van der Waals surface area contributed by atoms with E-state index in [1.54, 1.807) is 12.1 Å². The number of phenolic OH excluding ortho intramolecular Hbond substituents is 1. The fourth-order valence-electron chi connectivity index (χ4n) is 1.17. The molecule has 0 saturated heterocycles. The van der Waals surface area contributed by atoms with Gasteiger partial charge in [0.15, 0.2) is 5.75 Å². The minimum atomic E-state index is -0.294. The van der Waals surface area contributed by atoms with Crippen molar-refractivity contribution in [3.63, 3.8) is 0 Å². The molecule has 0 radical (unpaired) electrons. The van der Waals surface area contributed by atoms with Crippen LogP contribution in [0.5, 0.6) is 5.75 Å². The van der Waals surface area contributed by atoms with Crippen molar-refractivity contribution in [3.8, 4) is 5.75 Å². The molecule has 0 saturated carbocycles. The van der Waals surface area contributed by atoms with Crippen LogP contribution in [0.1, 0.15) is 12.0 Å². The van der Waals surface area contributed by atoms with E-state index in [1.165, 1.54) is 7.11 Å². The molecule has 4 nitrogen and oxygen atoms in total. The molecule has 0 unspecified atom stereocenters. The highest BCUT2D eigenvalue weighted by Crippen LogP contribution is 2.31. The second-order valence-corrected chi connectivity index (χ2v) is 3.50. The topological polar surface area (TPSA) is 72.5 Å². The number of carbonyl (C=O) groups excluding carboxylic acids is 1. The maximum absolute atomic E-state index is 10.9. The highest BCUT2D eigenvalue weighted by Gasteiger charge is 2.07. The van der Waals surface area contributed by atoms with Gasteiger partial charge in [0.1, 0.15) is 0 Å². The van der Waals surface area contributed by atoms with Crippen LogP contribution in [-0.4, -0.2) is 18.2 Å². The molecule has 82 valence electrons. The zero-order chi connectivity index (χ0) is 11.4. The Morgan fingerprint density at radius 3 is 2.80 bits per heavy atom. The smallest absolute Gasteiger partial charge is 0.305 e. The normalized spacial score (nSPS) is 10.0. The van der Waals surface area contributed by atoms with Crippen LogP contribution >= 0.6 is 11.6 Å². The van der Waals surface area contributed by atoms with E-state index in [4.69, 9.17) is 17.3 Å². The van der Waals surface area contributed by atoms with Crippen LogP contribution in [-0.2, 0) is 16.0 Å². The number of ether oxygens (including phenoxy) is 1. The lowest BCUT2D eigenvalue weighted by Gasteiger charge is -2.05. The lowest BCUT2D eigenvalue weighted by atomic mass is 10.1. The molecule has 0 aromatic heterocycles. The van der Waals surface area contributed by atoms with Crippen LogP contribution in [0.2, 0.25) is 5.02 Å². The standard InChI is InChI=1S/C10H12ClNO3/c1-15-9(13)3-2-6-4-7(11)10(14)8(12)5-6/h4-5,14H,2-3,12H2,1H3. The van der Waals surface area contributed by atoms with Crippen molar-refractivity contribution in [2.75, 3.05) is 12.8 Å². The maximum Gasteiger partial charge on any atom is 0.305 e. The lowest BCUT2D eigenvalue weighted by molar-refractivity contribution is -0.140. The minimum Gasteiger partial charge on any atom is -0.504 e. The van der Waals surface area contributed by atoms with Gasteiger partial charge in [-0.1, -0.05) is 11.6 Å². The van der Waals surface area contributed by atoms with Crippen molar-refractivity contribution in [2.24, 2.45) is 0 Å². The van der Waals surface area contributed by atoms with E-state index in [0.717, 1.165) is 5.56 Å². The molecule has 3 N–H and O–H groups in total. The molecule has 0 amide bonds. The molecule has 0 bridgehead atoms. The first-order chi connectivity index (χ1) is 7.04. The molecule has 0 atom stereocenters. The van der Waals surface area contributed by atoms with Crippen LogP contribution in [0.3, 0.4) is 0 Å². The molecule has 0 aliphatic rings. The molecule has 1 aromatic rings. The third-order valence-corrected chi connectivity index (χ3v) is 2.29. The van der Waals surface area contributed by atoms with Gasteiger partial charge >= 0.3 is 5.97 Å². The van der Waals surface area contributed by atoms with Crippen LogP contribution in [0.4, 0.5) is 5.69 Å². The Morgan fingerprint density at radius 2 is 2.27 bits per heavy atom. The third-order valence-electron chi connectivity index (χ3n) is 2.00. The van der Waals surface area contributed by atoms with E-state index in [0.29, 0.717) is 6.42 Å². The molecule has 0 spiro atoms. The predicted molar refractivity (Wildman–Crippen MR) is 57.9 cm³/mol. The molecule has 1 aromatic carbocycles. The largest absolute Gasteiger partial charge is 0.504 e. The van der Waals surface area contributed by atoms with Crippen LogP contribution in [0, 0.1) is 0 Å². The number of aryl methyl sites for hydroxylation is 1. The highest BCUT2D eigenvalue weighted by atomic mass is 35.5. The summed E-state index contributed by atoms with van der Waals surface area (Å²) in [6.07, 6.45) is 0.744. The quantitative estimate of drug-likeness (QED) is 0.470. The number of hydrogen-bond donors (Lipinski definition) is 2. The van der Waals surface area contributed by atoms with E-state index < -0.39 is 0 Å². The van der Waals surface area contributed by atoms with E-state index in [9.17, 15) is 9.90 Å². The number of rotatable bonds is 3. The van der Waals surface area contributed by atoms with Gasteiger partial charge in [-0.2, -0.15) is 0 Å². The summed E-state index contributed by atoms with van der Waals surface area (Å²) in [7, 11) is 1.33. The SMILES string of the molecule is COC(=O)CCc1cc(N)c(O)c(Cl)c1. The van der Waals surface area contributed by atoms with Gasteiger partial charge in [0.2, 0.25) is 0 Å². The number of hydrogen-bond acceptors (Lipinski definition) is 4. The summed E-state index contributed by atoms with van der Waals surface area (Å²) in [6.45, 7) is 0. The molecule has 15 heavy (non-hydrogen) atoms. The Hall–Kier alpha value is -1.42. The Balaban J connectivity index is 2.75. The number of carbonyl (C=O) groups is 1. The summed E-state index contributed by atoms with van der Waals surface area (Å²) in [5.41, 5.74) is 6.51. The summed E-state index contributed by atoms with van der Waals surface area (Å²) in [5, 5.41) is 9.50. The van der Waals surface area contributed by atoms with E-state index in [2.05, 4.69) is 4.74 Å². The zero-order valence-corrected chi connectivity index (χ0v) is 9.04. The molecular weight excluding hydrogens is 218 g/mol. The number of esters is 1. The summed E-state index contributed by atoms with van der Waals surface area (Å²) in [5.74, 6) is -0.420. The number of aromatic hydroxyl groups is 1. The van der Waals surface area contributed by atoms with Crippen LogP contribution in [0.15, 0.2) is 12.1 Å². The summed E-state index contributed by atoms with van der Waals surface area (Å²) < 4.78 is 4.50. The molecular formula is C10H12ClNO3. The van der Waals surface area contributed by atoms with Crippen LogP contribution in [0.25, 0.3) is 0 Å². The molecule has 5 heteroatoms. The van der Waals surface area contributed by atoms with E-state index >= 15 is 0 Å². The van der Waals surface area contributed by atoms with E-state index in [-0.39, 0.29) is 28.8 Å². The fourth-order valence-corrected chi connectivity index (χ4v) is 1.42. The fraction of sp³-hybridized carbons (Fsp3) is 0.300. The van der Waals surface area contributed by atoms with Crippen molar-refractivity contribution >= 4 is 23.3 Å². The minimum absolute atomic E-state index is 0.126. The van der Waals surface area contributed by atoms with Gasteiger partial charge in [0, 0.05) is 6.42 Å². The van der Waals surface area contributed by atoms with Gasteiger partial charge in [-0.25, -0.2) is 0 Å². The van der Waals surface area contributed by atoms with Crippen molar-refractivity contribution < 1.29 is 14.6 Å². The molecule has 1 rings (SSSR count). The van der Waals surface area contributed by atoms with Gasteiger partial charge in [0.25, 0.3) is 0 Å². The predicted octanol–water partition coefficient (Wildman–Crippen LogP) is 1.73. The average Bonchev–Trinajstić information content (AvgIpc) is 2.22. The number of benzene rings is 1. The number of methoxy groups -OCH3 is 1. The molecule has 0 aliphatic carbocycles. The van der Waals surface area contributed by atoms with Gasteiger partial charge in [0.05, 0.1) is 17.8 Å². The Kier molecular flexibility index (Phi) is 3.80. The number of phenols is 1. The Labute approximate surface area is 92.6 Å². The van der Waals surface area contributed by atoms with Crippen molar-refractivity contribution in [3.05, 3.63) is 22.7 Å². The summed E-state index contributed by atoms with van der Waals surface area (Å²) in [4.78, 5) is 10.9. The van der Waals surface area contributed by atoms with E-state index in [1.807, 2.05) is 0 Å². The number of anilines is 1. The number of halogens is 1. The monoisotopic (exact) mass is 229 g/mol. The summed E-state index contributed by atoms with van der Waals surface area (Å²) >= 11 is 5.72. The van der Waals surface area contributed by atoms with Gasteiger partial charge < -0.3 is 15.6 Å². The van der Waals surface area contributed by atoms with Crippen LogP contribution < -0.4 is 5.73 Å². The van der Waals surface area contributed by atoms with Crippen molar-refractivity contribution in [2.45, 2.75) is 12.8 Å². The van der Waals surface area contributed by atoms with Crippen molar-refractivity contribution in [1.29, 1.82) is 0 Å². The van der Waals surface area contributed by atoms with Gasteiger partial charge in [-0.15, -0.1) is 0 Å². The average molecular weight is 230 g/mol. The number of nitrogen functional groups attached to an aromatic ring is 1. The Bertz CT molecular complexity index is 356. The highest BCUT2D eigenvalue weighted by molar-refractivity contribution is 6.32. The second-order valence-electron chi connectivity index (χ2n) is 3.09. The first-order valence-electron chi connectivity index (χ1n) is 4.38. The van der Waals surface area contributed by atoms with Gasteiger partial charge in [-0.05, 0) is 24.1 Å². The zero-order valence-electron chi connectivity index (χ0n) is 8.29. The van der Waals surface area contributed by atoms with Gasteiger partial charge in [-0.3, -0.25) is 4.79 Å². The molecule has 0 aliphatic heterocycles. The third kappa shape index (κ3) is 3.02. The Morgan fingerprint density at radius 1 is 1.60 bits per heavy atom.